The number of halogens is 3. The van der Waals surface area contributed by atoms with Crippen LogP contribution >= 0.6 is 0 Å². The first-order valence-corrected chi connectivity index (χ1v) is 9.49. The van der Waals surface area contributed by atoms with Gasteiger partial charge in [0.1, 0.15) is 0 Å². The number of aliphatic imine (C=N–C) groups is 1. The van der Waals surface area contributed by atoms with E-state index in [1.807, 2.05) is 6.92 Å². The van der Waals surface area contributed by atoms with E-state index in [2.05, 4.69) is 25.4 Å². The zero-order valence-electron chi connectivity index (χ0n) is 15.4. The highest BCUT2D eigenvalue weighted by Crippen LogP contribution is 2.22. The minimum Gasteiger partial charge on any atom is -0.357 e. The third-order valence-corrected chi connectivity index (χ3v) is 4.45. The van der Waals surface area contributed by atoms with Gasteiger partial charge in [0.15, 0.2) is 5.96 Å². The van der Waals surface area contributed by atoms with Crippen LogP contribution < -0.4 is 10.6 Å². The fourth-order valence-electron chi connectivity index (χ4n) is 2.87. The number of carbonyl (C=O) groups excluding carboxylic acids is 1. The molecule has 6 nitrogen and oxygen atoms in total. The lowest BCUT2D eigenvalue weighted by Crippen LogP contribution is -2.54. The van der Waals surface area contributed by atoms with Crippen LogP contribution in [0.5, 0.6) is 0 Å². The van der Waals surface area contributed by atoms with Gasteiger partial charge in [-0.3, -0.25) is 14.7 Å². The standard InChI is InChI=1S/C17H30F3N5O/c1-2-21-16(22-8-4-3-7-17(18,19)20)25-11-9-24(10-12-25)13-15(26)23-14-5-6-14/h14H,2-13H2,1H3,(H,21,22)(H,23,26). The number of hydrogen-bond acceptors (Lipinski definition) is 3. The number of piperazine rings is 1. The quantitative estimate of drug-likeness (QED) is 0.383. The van der Waals surface area contributed by atoms with E-state index in [4.69, 9.17) is 0 Å². The van der Waals surface area contributed by atoms with E-state index in [0.29, 0.717) is 32.1 Å². The molecular weight excluding hydrogens is 347 g/mol. The molecule has 9 heteroatoms. The van der Waals surface area contributed by atoms with Crippen LogP contribution in [0.4, 0.5) is 13.2 Å². The molecule has 0 radical (unpaired) electrons. The Bertz CT molecular complexity index is 472. The molecule has 1 aliphatic heterocycles. The molecule has 26 heavy (non-hydrogen) atoms. The third kappa shape index (κ3) is 8.25. The summed E-state index contributed by atoms with van der Waals surface area (Å²) in [6.45, 7) is 6.56. The Hall–Kier alpha value is -1.51. The minimum atomic E-state index is -4.09. The highest BCUT2D eigenvalue weighted by molar-refractivity contribution is 5.80. The SMILES string of the molecule is CCNC(=NCCCCC(F)(F)F)N1CCN(CC(=O)NC2CC2)CC1. The molecule has 0 aromatic rings. The predicted octanol–water partition coefficient (Wildman–Crippen LogP) is 1.58. The summed E-state index contributed by atoms with van der Waals surface area (Å²) in [5.41, 5.74) is 0. The van der Waals surface area contributed by atoms with Gasteiger partial charge in [0, 0.05) is 51.7 Å². The largest absolute Gasteiger partial charge is 0.389 e. The number of nitrogens with one attached hydrogen (secondary N) is 2. The van der Waals surface area contributed by atoms with E-state index in [1.54, 1.807) is 0 Å². The number of amides is 1. The molecule has 0 aromatic carbocycles. The molecule has 0 spiro atoms. The van der Waals surface area contributed by atoms with Crippen molar-refractivity contribution in [2.24, 2.45) is 4.99 Å². The first kappa shape index (κ1) is 20.8. The summed E-state index contributed by atoms with van der Waals surface area (Å²) in [5, 5.41) is 6.20. The second-order valence-electron chi connectivity index (χ2n) is 6.91. The van der Waals surface area contributed by atoms with Crippen LogP contribution in [0.2, 0.25) is 0 Å². The van der Waals surface area contributed by atoms with Crippen LogP contribution in [0.1, 0.15) is 39.0 Å². The topological polar surface area (TPSA) is 60.0 Å². The zero-order chi connectivity index (χ0) is 19.0. The Morgan fingerprint density at radius 1 is 1.15 bits per heavy atom. The average Bonchev–Trinajstić information content (AvgIpc) is 3.37. The minimum absolute atomic E-state index is 0.0891. The number of nitrogens with zero attached hydrogens (tertiary/aromatic N) is 3. The number of rotatable bonds is 8. The van der Waals surface area contributed by atoms with Crippen molar-refractivity contribution < 1.29 is 18.0 Å². The van der Waals surface area contributed by atoms with Crippen molar-refractivity contribution in [2.75, 3.05) is 45.8 Å². The number of carbonyl (C=O) groups is 1. The maximum Gasteiger partial charge on any atom is 0.389 e. The van der Waals surface area contributed by atoms with Crippen LogP contribution in [0.25, 0.3) is 0 Å². The van der Waals surface area contributed by atoms with Crippen molar-refractivity contribution in [3.63, 3.8) is 0 Å². The Morgan fingerprint density at radius 2 is 1.85 bits per heavy atom. The fourth-order valence-corrected chi connectivity index (χ4v) is 2.87. The van der Waals surface area contributed by atoms with Gasteiger partial charge in [0.05, 0.1) is 6.54 Å². The molecule has 0 atom stereocenters. The van der Waals surface area contributed by atoms with Gasteiger partial charge >= 0.3 is 6.18 Å². The molecule has 2 N–H and O–H groups in total. The Balaban J connectivity index is 1.70. The van der Waals surface area contributed by atoms with Gasteiger partial charge in [-0.25, -0.2) is 0 Å². The number of hydrogen-bond donors (Lipinski definition) is 2. The predicted molar refractivity (Wildman–Crippen MR) is 95.1 cm³/mol. The molecule has 1 saturated heterocycles. The molecule has 1 saturated carbocycles. The van der Waals surface area contributed by atoms with Gasteiger partial charge in [-0.1, -0.05) is 0 Å². The van der Waals surface area contributed by atoms with E-state index in [-0.39, 0.29) is 12.3 Å². The molecule has 1 aliphatic carbocycles. The van der Waals surface area contributed by atoms with Gasteiger partial charge in [0.25, 0.3) is 0 Å². The summed E-state index contributed by atoms with van der Waals surface area (Å²) in [6, 6.07) is 0.383. The smallest absolute Gasteiger partial charge is 0.357 e. The van der Waals surface area contributed by atoms with Crippen molar-refractivity contribution in [3.05, 3.63) is 0 Å². The van der Waals surface area contributed by atoms with Crippen LogP contribution in [0, 0.1) is 0 Å². The van der Waals surface area contributed by atoms with Crippen molar-refractivity contribution in [3.8, 4) is 0 Å². The van der Waals surface area contributed by atoms with Crippen molar-refractivity contribution >= 4 is 11.9 Å². The first-order chi connectivity index (χ1) is 12.4. The highest BCUT2D eigenvalue weighted by Gasteiger charge is 2.27. The summed E-state index contributed by atoms with van der Waals surface area (Å²) in [6.07, 6.45) is -2.13. The summed E-state index contributed by atoms with van der Waals surface area (Å²) in [5.74, 6) is 0.841. The average molecular weight is 377 g/mol. The van der Waals surface area contributed by atoms with E-state index < -0.39 is 12.6 Å². The number of guanidine groups is 1. The zero-order valence-corrected chi connectivity index (χ0v) is 15.4. The van der Waals surface area contributed by atoms with Gasteiger partial charge in [-0.05, 0) is 32.6 Å². The summed E-state index contributed by atoms with van der Waals surface area (Å²) < 4.78 is 36.5. The van der Waals surface area contributed by atoms with Crippen LogP contribution in [0.15, 0.2) is 4.99 Å². The maximum atomic E-state index is 12.2. The molecule has 2 rings (SSSR count). The molecule has 2 aliphatic rings. The lowest BCUT2D eigenvalue weighted by Gasteiger charge is -2.36. The summed E-state index contributed by atoms with van der Waals surface area (Å²) in [7, 11) is 0. The lowest BCUT2D eigenvalue weighted by molar-refractivity contribution is -0.135. The van der Waals surface area contributed by atoms with E-state index in [9.17, 15) is 18.0 Å². The second kappa shape index (κ2) is 9.99. The molecule has 1 amide bonds. The lowest BCUT2D eigenvalue weighted by atomic mass is 10.2. The van der Waals surface area contributed by atoms with E-state index in [1.165, 1.54) is 0 Å². The van der Waals surface area contributed by atoms with Crippen molar-refractivity contribution in [1.29, 1.82) is 0 Å². The fraction of sp³-hybridized carbons (Fsp3) is 0.882. The molecule has 1 heterocycles. The highest BCUT2D eigenvalue weighted by atomic mass is 19.4. The molecule has 0 unspecified atom stereocenters. The van der Waals surface area contributed by atoms with Crippen LogP contribution in [-0.2, 0) is 4.79 Å². The van der Waals surface area contributed by atoms with Gasteiger partial charge in [-0.2, -0.15) is 13.2 Å². The van der Waals surface area contributed by atoms with Crippen LogP contribution in [0.3, 0.4) is 0 Å². The van der Waals surface area contributed by atoms with Crippen molar-refractivity contribution in [1.82, 2.24) is 20.4 Å². The first-order valence-electron chi connectivity index (χ1n) is 9.49. The number of unbranched alkanes of at least 4 members (excludes halogenated alkanes) is 1. The summed E-state index contributed by atoms with van der Waals surface area (Å²) in [4.78, 5) is 20.6. The molecule has 0 aromatic heterocycles. The Kier molecular flexibility index (Phi) is 7.99. The van der Waals surface area contributed by atoms with Crippen molar-refractivity contribution in [2.45, 2.75) is 51.2 Å². The maximum absolute atomic E-state index is 12.2. The Labute approximate surface area is 153 Å². The van der Waals surface area contributed by atoms with Gasteiger partial charge in [-0.15, -0.1) is 0 Å². The molecular formula is C17H30F3N5O. The second-order valence-corrected chi connectivity index (χ2v) is 6.91. The number of alkyl halides is 3. The van der Waals surface area contributed by atoms with Gasteiger partial charge in [0.2, 0.25) is 5.91 Å². The molecule has 2 fully saturated rings. The monoisotopic (exact) mass is 377 g/mol. The van der Waals surface area contributed by atoms with Gasteiger partial charge < -0.3 is 15.5 Å². The van der Waals surface area contributed by atoms with Crippen LogP contribution in [-0.4, -0.2) is 79.7 Å². The van der Waals surface area contributed by atoms with E-state index >= 15 is 0 Å². The Morgan fingerprint density at radius 3 is 2.42 bits per heavy atom. The van der Waals surface area contributed by atoms with E-state index in [0.717, 1.165) is 45.0 Å². The summed E-state index contributed by atoms with van der Waals surface area (Å²) >= 11 is 0. The normalized spacial score (nSPS) is 19.5. The third-order valence-electron chi connectivity index (χ3n) is 4.45. The molecule has 150 valence electrons. The molecule has 0 bridgehead atoms.